The van der Waals surface area contributed by atoms with Crippen LogP contribution in [0.25, 0.3) is 0 Å². The molecule has 0 aliphatic carbocycles. The van der Waals surface area contributed by atoms with E-state index in [0.29, 0.717) is 12.1 Å². The summed E-state index contributed by atoms with van der Waals surface area (Å²) in [5.74, 6) is -0.0805. The van der Waals surface area contributed by atoms with Crippen LogP contribution in [-0.4, -0.2) is 17.3 Å². The molecule has 0 heterocycles. The molecule has 3 heteroatoms. The lowest BCUT2D eigenvalue weighted by Gasteiger charge is -2.28. The molecule has 0 radical (unpaired) electrons. The Balaban J connectivity index is 2.72. The van der Waals surface area contributed by atoms with E-state index in [-0.39, 0.29) is 11.7 Å². The first-order valence-corrected chi connectivity index (χ1v) is 5.56. The van der Waals surface area contributed by atoms with E-state index in [1.165, 1.54) is 6.07 Å². The van der Waals surface area contributed by atoms with Crippen molar-refractivity contribution in [1.82, 2.24) is 0 Å². The molecule has 0 aliphatic rings. The number of nitrogens with one attached hydrogen (secondary N) is 1. The van der Waals surface area contributed by atoms with E-state index in [1.807, 2.05) is 19.9 Å². The quantitative estimate of drug-likeness (QED) is 0.825. The highest BCUT2D eigenvalue weighted by atomic mass is 19.1. The molecule has 0 aromatic heterocycles. The van der Waals surface area contributed by atoms with Crippen LogP contribution in [0.3, 0.4) is 0 Å². The number of anilines is 1. The molecule has 1 aromatic carbocycles. The van der Waals surface area contributed by atoms with Gasteiger partial charge >= 0.3 is 0 Å². The summed E-state index contributed by atoms with van der Waals surface area (Å²) in [5.41, 5.74) is 0.529. The summed E-state index contributed by atoms with van der Waals surface area (Å²) < 4.78 is 13.3. The second-order valence-corrected chi connectivity index (χ2v) is 4.78. The number of benzene rings is 1. The Kier molecular flexibility index (Phi) is 3.92. The van der Waals surface area contributed by atoms with Crippen LogP contribution in [0.4, 0.5) is 10.1 Å². The van der Waals surface area contributed by atoms with E-state index < -0.39 is 5.60 Å². The molecular formula is C13H20FNO. The fourth-order valence-corrected chi connectivity index (χ4v) is 1.28. The lowest BCUT2D eigenvalue weighted by Crippen LogP contribution is -2.38. The van der Waals surface area contributed by atoms with Gasteiger partial charge in [0.1, 0.15) is 5.82 Å². The number of hydrogen-bond donors (Lipinski definition) is 2. The minimum atomic E-state index is -0.793. The van der Waals surface area contributed by atoms with E-state index in [1.54, 1.807) is 19.9 Å². The number of rotatable bonds is 4. The van der Waals surface area contributed by atoms with Gasteiger partial charge in [0, 0.05) is 17.8 Å². The third-order valence-electron chi connectivity index (χ3n) is 3.15. The smallest absolute Gasteiger partial charge is 0.128 e. The zero-order valence-corrected chi connectivity index (χ0v) is 10.3. The molecule has 0 saturated heterocycles. The Morgan fingerprint density at radius 3 is 2.62 bits per heavy atom. The van der Waals surface area contributed by atoms with Gasteiger partial charge in [0.2, 0.25) is 0 Å². The van der Waals surface area contributed by atoms with E-state index >= 15 is 0 Å². The molecule has 1 atom stereocenters. The Morgan fingerprint density at radius 1 is 1.44 bits per heavy atom. The number of halogens is 1. The average molecular weight is 225 g/mol. The highest BCUT2D eigenvalue weighted by molar-refractivity contribution is 5.51. The van der Waals surface area contributed by atoms with Gasteiger partial charge in [0.15, 0.2) is 0 Å². The molecule has 0 amide bonds. The van der Waals surface area contributed by atoms with Crippen LogP contribution in [-0.2, 0) is 0 Å². The maximum Gasteiger partial charge on any atom is 0.128 e. The predicted molar refractivity (Wildman–Crippen MR) is 65.1 cm³/mol. The van der Waals surface area contributed by atoms with Gasteiger partial charge in [-0.25, -0.2) is 4.39 Å². The maximum atomic E-state index is 13.3. The minimum absolute atomic E-state index is 0.147. The summed E-state index contributed by atoms with van der Waals surface area (Å²) in [6.07, 6.45) is 0. The van der Waals surface area contributed by atoms with Crippen molar-refractivity contribution in [3.8, 4) is 0 Å². The molecule has 0 spiro atoms. The SMILES string of the molecule is Cc1c(F)cccc1NCC(C)(O)C(C)C. The minimum Gasteiger partial charge on any atom is -0.388 e. The first kappa shape index (κ1) is 13.0. The summed E-state index contributed by atoms with van der Waals surface area (Å²) in [5, 5.41) is 13.1. The number of aliphatic hydroxyl groups is 1. The molecular weight excluding hydrogens is 205 g/mol. The molecule has 1 unspecified atom stereocenters. The van der Waals surface area contributed by atoms with Crippen molar-refractivity contribution in [2.75, 3.05) is 11.9 Å². The largest absolute Gasteiger partial charge is 0.388 e. The van der Waals surface area contributed by atoms with Gasteiger partial charge in [-0.3, -0.25) is 0 Å². The summed E-state index contributed by atoms with van der Waals surface area (Å²) in [7, 11) is 0. The third-order valence-corrected chi connectivity index (χ3v) is 3.15. The number of hydrogen-bond acceptors (Lipinski definition) is 2. The lowest BCUT2D eigenvalue weighted by atomic mass is 9.92. The average Bonchev–Trinajstić information content (AvgIpc) is 2.20. The van der Waals surface area contributed by atoms with Gasteiger partial charge in [-0.2, -0.15) is 0 Å². The standard InChI is InChI=1S/C13H20FNO/c1-9(2)13(4,16)8-15-12-7-5-6-11(14)10(12)3/h5-7,9,15-16H,8H2,1-4H3. The van der Waals surface area contributed by atoms with Crippen molar-refractivity contribution in [3.63, 3.8) is 0 Å². The first-order valence-electron chi connectivity index (χ1n) is 5.56. The fraction of sp³-hybridized carbons (Fsp3) is 0.538. The van der Waals surface area contributed by atoms with E-state index in [2.05, 4.69) is 5.32 Å². The highest BCUT2D eigenvalue weighted by Gasteiger charge is 2.24. The zero-order chi connectivity index (χ0) is 12.3. The van der Waals surface area contributed by atoms with Gasteiger partial charge < -0.3 is 10.4 Å². The van der Waals surface area contributed by atoms with Crippen LogP contribution < -0.4 is 5.32 Å². The third kappa shape index (κ3) is 2.95. The second kappa shape index (κ2) is 4.83. The van der Waals surface area contributed by atoms with Crippen molar-refractivity contribution >= 4 is 5.69 Å². The molecule has 2 nitrogen and oxygen atoms in total. The molecule has 0 saturated carbocycles. The van der Waals surface area contributed by atoms with Crippen LogP contribution in [0, 0.1) is 18.7 Å². The summed E-state index contributed by atoms with van der Waals surface area (Å²) in [6.45, 7) is 7.83. The van der Waals surface area contributed by atoms with Crippen molar-refractivity contribution in [2.45, 2.75) is 33.3 Å². The molecule has 0 fully saturated rings. The maximum absolute atomic E-state index is 13.3. The Bertz CT molecular complexity index is 361. The zero-order valence-electron chi connectivity index (χ0n) is 10.3. The van der Waals surface area contributed by atoms with Crippen molar-refractivity contribution < 1.29 is 9.50 Å². The predicted octanol–water partition coefficient (Wildman–Crippen LogP) is 2.95. The Morgan fingerprint density at radius 2 is 2.06 bits per heavy atom. The Hall–Kier alpha value is -1.09. The van der Waals surface area contributed by atoms with Crippen LogP contribution >= 0.6 is 0 Å². The molecule has 1 rings (SSSR count). The van der Waals surface area contributed by atoms with Gasteiger partial charge in [-0.15, -0.1) is 0 Å². The van der Waals surface area contributed by atoms with Crippen LogP contribution in [0.15, 0.2) is 18.2 Å². The van der Waals surface area contributed by atoms with E-state index in [9.17, 15) is 9.50 Å². The van der Waals surface area contributed by atoms with Crippen molar-refractivity contribution in [1.29, 1.82) is 0 Å². The highest BCUT2D eigenvalue weighted by Crippen LogP contribution is 2.21. The molecule has 90 valence electrons. The lowest BCUT2D eigenvalue weighted by molar-refractivity contribution is 0.0266. The topological polar surface area (TPSA) is 32.3 Å². The van der Waals surface area contributed by atoms with Crippen molar-refractivity contribution in [2.24, 2.45) is 5.92 Å². The van der Waals surface area contributed by atoms with Gasteiger partial charge in [-0.1, -0.05) is 19.9 Å². The molecule has 1 aromatic rings. The van der Waals surface area contributed by atoms with Gasteiger partial charge in [-0.05, 0) is 31.9 Å². The van der Waals surface area contributed by atoms with Crippen LogP contribution in [0.5, 0.6) is 0 Å². The molecule has 2 N–H and O–H groups in total. The molecule has 16 heavy (non-hydrogen) atoms. The fourth-order valence-electron chi connectivity index (χ4n) is 1.28. The van der Waals surface area contributed by atoms with Crippen LogP contribution in [0.1, 0.15) is 26.3 Å². The normalized spacial score (nSPS) is 14.9. The second-order valence-electron chi connectivity index (χ2n) is 4.78. The van der Waals surface area contributed by atoms with E-state index in [0.717, 1.165) is 5.69 Å². The molecule has 0 bridgehead atoms. The molecule has 0 aliphatic heterocycles. The summed E-state index contributed by atoms with van der Waals surface area (Å²) in [6, 6.07) is 4.91. The van der Waals surface area contributed by atoms with Crippen molar-refractivity contribution in [3.05, 3.63) is 29.6 Å². The monoisotopic (exact) mass is 225 g/mol. The van der Waals surface area contributed by atoms with Gasteiger partial charge in [0.05, 0.1) is 5.60 Å². The Labute approximate surface area is 96.5 Å². The van der Waals surface area contributed by atoms with Crippen LogP contribution in [0.2, 0.25) is 0 Å². The van der Waals surface area contributed by atoms with Gasteiger partial charge in [0.25, 0.3) is 0 Å². The first-order chi connectivity index (χ1) is 7.34. The van der Waals surface area contributed by atoms with E-state index in [4.69, 9.17) is 0 Å². The summed E-state index contributed by atoms with van der Waals surface area (Å²) in [4.78, 5) is 0. The summed E-state index contributed by atoms with van der Waals surface area (Å²) >= 11 is 0.